The van der Waals surface area contributed by atoms with E-state index in [1.54, 1.807) is 0 Å². The lowest BCUT2D eigenvalue weighted by Gasteiger charge is -2.25. The average Bonchev–Trinajstić information content (AvgIpc) is 1.78. The number of hydrogen-bond acceptors (Lipinski definition) is 0. The lowest BCUT2D eigenvalue weighted by atomic mass is 10.4. The molecule has 0 aliphatic heterocycles. The van der Waals surface area contributed by atoms with Crippen LogP contribution >= 0.6 is 30.6 Å². The lowest BCUT2D eigenvalue weighted by Crippen LogP contribution is -2.25. The van der Waals surface area contributed by atoms with E-state index in [4.69, 9.17) is 0 Å². The summed E-state index contributed by atoms with van der Waals surface area (Å²) in [5, 5.41) is 0. The zero-order chi connectivity index (χ0) is 9.99. The first-order valence-corrected chi connectivity index (χ1v) is 15.3. The average molecular weight is 332 g/mol. The van der Waals surface area contributed by atoms with Gasteiger partial charge in [0.2, 0.25) is 0 Å². The molecule has 0 bridgehead atoms. The van der Waals surface area contributed by atoms with Crippen LogP contribution in [-0.4, -0.2) is 13.4 Å². The van der Waals surface area contributed by atoms with Crippen LogP contribution in [0.15, 0.2) is 0 Å². The van der Waals surface area contributed by atoms with Crippen molar-refractivity contribution in [3.05, 3.63) is 0 Å². The highest BCUT2D eigenvalue weighted by Gasteiger charge is 2.27. The Kier molecular flexibility index (Phi) is 5.31. The van der Waals surface area contributed by atoms with E-state index in [-0.39, 0.29) is 0 Å². The maximum Gasteiger partial charge on any atom is 0.127 e. The molecule has 0 nitrogen and oxygen atoms in total. The fourth-order valence-corrected chi connectivity index (χ4v) is 4.52. The Hall–Kier alpha value is 1.39. The summed E-state index contributed by atoms with van der Waals surface area (Å²) >= 11 is 7.66. The van der Waals surface area contributed by atoms with Crippen molar-refractivity contribution in [1.82, 2.24) is 0 Å². The summed E-state index contributed by atoms with van der Waals surface area (Å²) in [6, 6.07) is 1.40. The molecule has 0 aromatic rings. The van der Waals surface area contributed by atoms with Crippen LogP contribution in [0.1, 0.15) is 13.3 Å². The van der Waals surface area contributed by atoms with Gasteiger partial charge in [-0.1, -0.05) is 39.5 Å². The number of hydrogen-bond donors (Lipinski definition) is 0. The van der Waals surface area contributed by atoms with Crippen molar-refractivity contribution in [1.29, 1.82) is 0 Å². The zero-order valence-corrected chi connectivity index (χ0v) is 13.9. The van der Waals surface area contributed by atoms with Crippen molar-refractivity contribution in [3.63, 3.8) is 0 Å². The summed E-state index contributed by atoms with van der Waals surface area (Å²) in [6.45, 7) is 9.89. The third-order valence-corrected chi connectivity index (χ3v) is 9.99. The van der Waals surface area contributed by atoms with Crippen LogP contribution in [0, 0.1) is 0 Å². The second-order valence-electron chi connectivity index (χ2n) is 4.72. The van der Waals surface area contributed by atoms with Crippen LogP contribution in [0.25, 0.3) is 0 Å². The Morgan fingerprint density at radius 3 is 1.75 bits per heavy atom. The molecular formula is C8H20Br2Si2. The number of rotatable bonds is 4. The Morgan fingerprint density at radius 1 is 1.08 bits per heavy atom. The summed E-state index contributed by atoms with van der Waals surface area (Å²) in [6.07, 6.45) is 1.38. The normalized spacial score (nSPS) is 16.2. The highest BCUT2D eigenvalue weighted by Crippen LogP contribution is 2.34. The van der Waals surface area contributed by atoms with E-state index in [1.165, 1.54) is 12.5 Å². The molecule has 1 atom stereocenters. The maximum absolute atomic E-state index is 3.85. The van der Waals surface area contributed by atoms with Crippen LogP contribution in [0.2, 0.25) is 37.8 Å². The van der Waals surface area contributed by atoms with E-state index in [0.717, 1.165) is 5.54 Å². The van der Waals surface area contributed by atoms with Crippen molar-refractivity contribution < 1.29 is 0 Å². The molecule has 0 heterocycles. The lowest BCUT2D eigenvalue weighted by molar-refractivity contribution is 0.845. The summed E-state index contributed by atoms with van der Waals surface area (Å²) < 4.78 is 0. The van der Waals surface area contributed by atoms with Crippen molar-refractivity contribution in [2.45, 2.75) is 51.1 Å². The molecule has 0 aromatic carbocycles. The standard InChI is InChI=1S/C8H20Br2Si2/c1-8(12(4,5)10)6-7-11(2,3)9/h8H,6-7H2,1-5H3. The molecule has 0 saturated carbocycles. The Labute approximate surface area is 94.7 Å². The van der Waals surface area contributed by atoms with Gasteiger partial charge in [-0.25, -0.2) is 0 Å². The third kappa shape index (κ3) is 6.86. The predicted octanol–water partition coefficient (Wildman–Crippen LogP) is 4.97. The first kappa shape index (κ1) is 13.4. The maximum atomic E-state index is 3.85. The third-order valence-electron chi connectivity index (χ3n) is 2.34. The SMILES string of the molecule is CC(CC[Si](C)(C)Br)[Si](C)(C)Br. The van der Waals surface area contributed by atoms with Crippen molar-refractivity contribution in [2.24, 2.45) is 0 Å². The second-order valence-corrected chi connectivity index (χ2v) is 25.3. The molecule has 0 aromatic heterocycles. The summed E-state index contributed by atoms with van der Waals surface area (Å²) in [4.78, 5) is 0. The van der Waals surface area contributed by atoms with E-state index in [1.807, 2.05) is 0 Å². The van der Waals surface area contributed by atoms with Gasteiger partial charge in [-0.3, -0.25) is 0 Å². The molecule has 74 valence electrons. The van der Waals surface area contributed by atoms with E-state index in [2.05, 4.69) is 63.7 Å². The topological polar surface area (TPSA) is 0 Å². The van der Waals surface area contributed by atoms with Crippen LogP contribution in [0.4, 0.5) is 0 Å². The van der Waals surface area contributed by atoms with Crippen LogP contribution in [0.5, 0.6) is 0 Å². The first-order chi connectivity index (χ1) is 5.13. The van der Waals surface area contributed by atoms with Gasteiger partial charge in [0.15, 0.2) is 0 Å². The fourth-order valence-electron chi connectivity index (χ4n) is 0.903. The van der Waals surface area contributed by atoms with Crippen LogP contribution in [-0.2, 0) is 0 Å². The molecule has 0 aliphatic rings. The smallest absolute Gasteiger partial charge is 0.127 e. The molecule has 0 amide bonds. The first-order valence-electron chi connectivity index (χ1n) is 4.51. The quantitative estimate of drug-likeness (QED) is 0.504. The molecule has 12 heavy (non-hydrogen) atoms. The minimum atomic E-state index is -1.05. The van der Waals surface area contributed by atoms with Crippen molar-refractivity contribution in [2.75, 3.05) is 0 Å². The largest absolute Gasteiger partial charge is 0.127 e. The molecule has 0 aliphatic carbocycles. The Bertz CT molecular complexity index is 135. The number of halogens is 2. The second kappa shape index (κ2) is 4.76. The summed E-state index contributed by atoms with van der Waals surface area (Å²) in [5.74, 6) is 0. The molecule has 0 radical (unpaired) electrons. The molecule has 0 saturated heterocycles. The van der Waals surface area contributed by atoms with Crippen LogP contribution in [0.3, 0.4) is 0 Å². The Morgan fingerprint density at radius 2 is 1.50 bits per heavy atom. The highest BCUT2D eigenvalue weighted by atomic mass is 79.9. The van der Waals surface area contributed by atoms with E-state index < -0.39 is 13.4 Å². The summed E-state index contributed by atoms with van der Waals surface area (Å²) in [7, 11) is 0. The summed E-state index contributed by atoms with van der Waals surface area (Å²) in [5.41, 5.74) is 0.891. The fraction of sp³-hybridized carbons (Fsp3) is 1.00. The molecule has 4 heteroatoms. The van der Waals surface area contributed by atoms with Gasteiger partial charge in [-0.2, -0.15) is 0 Å². The van der Waals surface area contributed by atoms with Crippen LogP contribution < -0.4 is 0 Å². The highest BCUT2D eigenvalue weighted by molar-refractivity contribution is 9.26. The zero-order valence-electron chi connectivity index (χ0n) is 8.75. The van der Waals surface area contributed by atoms with E-state index in [0.29, 0.717) is 0 Å². The molecule has 0 spiro atoms. The van der Waals surface area contributed by atoms with E-state index in [9.17, 15) is 0 Å². The van der Waals surface area contributed by atoms with Crippen molar-refractivity contribution in [3.8, 4) is 0 Å². The molecule has 0 N–H and O–H groups in total. The van der Waals surface area contributed by atoms with Gasteiger partial charge in [0.25, 0.3) is 0 Å². The molecule has 1 unspecified atom stereocenters. The van der Waals surface area contributed by atoms with Crippen molar-refractivity contribution >= 4 is 44.0 Å². The monoisotopic (exact) mass is 330 g/mol. The molecule has 0 rings (SSSR count). The van der Waals surface area contributed by atoms with Gasteiger partial charge in [0.05, 0.1) is 0 Å². The van der Waals surface area contributed by atoms with Gasteiger partial charge < -0.3 is 0 Å². The van der Waals surface area contributed by atoms with Gasteiger partial charge >= 0.3 is 0 Å². The molecular weight excluding hydrogens is 312 g/mol. The minimum absolute atomic E-state index is 0.891. The van der Waals surface area contributed by atoms with E-state index >= 15 is 0 Å². The minimum Gasteiger partial charge on any atom is -0.127 e. The van der Waals surface area contributed by atoms with Gasteiger partial charge in [-0.05, 0) is 11.6 Å². The van der Waals surface area contributed by atoms with Gasteiger partial charge in [-0.15, -0.1) is 30.6 Å². The van der Waals surface area contributed by atoms with Gasteiger partial charge in [0, 0.05) is 0 Å². The Balaban J connectivity index is 3.80. The predicted molar refractivity (Wildman–Crippen MR) is 71.7 cm³/mol. The van der Waals surface area contributed by atoms with Gasteiger partial charge in [0.1, 0.15) is 13.4 Å². The molecule has 0 fully saturated rings.